The van der Waals surface area contributed by atoms with Gasteiger partial charge < -0.3 is 15.8 Å². The summed E-state index contributed by atoms with van der Waals surface area (Å²) in [6.07, 6.45) is 1.53. The molecule has 0 aromatic carbocycles. The molecule has 2 rings (SSSR count). The topological polar surface area (TPSA) is 95.1 Å². The predicted molar refractivity (Wildman–Crippen MR) is 75.7 cm³/mol. The number of ether oxygens (including phenoxy) is 1. The molecule has 3 N–H and O–H groups in total. The van der Waals surface area contributed by atoms with Gasteiger partial charge in [0.2, 0.25) is 5.88 Å². The van der Waals surface area contributed by atoms with Crippen LogP contribution in [-0.4, -0.2) is 27.3 Å². The van der Waals surface area contributed by atoms with Crippen molar-refractivity contribution >= 4 is 17.3 Å². The molecule has 0 spiro atoms. The summed E-state index contributed by atoms with van der Waals surface area (Å²) in [7, 11) is 1.68. The van der Waals surface area contributed by atoms with Crippen molar-refractivity contribution in [2.45, 2.75) is 13.8 Å². The van der Waals surface area contributed by atoms with Crippen LogP contribution in [0.5, 0.6) is 5.88 Å². The van der Waals surface area contributed by atoms with Gasteiger partial charge in [0, 0.05) is 13.1 Å². The predicted octanol–water partition coefficient (Wildman–Crippen LogP) is 1.36. The number of carbonyl (C=O) groups is 1. The molecule has 0 aliphatic carbocycles. The number of amides is 1. The standard InChI is InChI=1S/C13H17N5O2/c1-4-20-10-6-5-9(7-15-10)16-13(19)12-11(14)8(2)17-18(12)3/h5-7H,4,14H2,1-3H3,(H,16,19). The molecule has 2 aromatic rings. The van der Waals surface area contributed by atoms with Crippen LogP contribution in [0.3, 0.4) is 0 Å². The summed E-state index contributed by atoms with van der Waals surface area (Å²) in [6.45, 7) is 4.18. The first-order valence-electron chi connectivity index (χ1n) is 6.22. The maximum atomic E-state index is 12.2. The minimum absolute atomic E-state index is 0.323. The first-order valence-corrected chi connectivity index (χ1v) is 6.22. The molecule has 0 saturated carbocycles. The number of hydrogen-bond donors (Lipinski definition) is 2. The Balaban J connectivity index is 2.15. The summed E-state index contributed by atoms with van der Waals surface area (Å²) in [5, 5.41) is 6.83. The van der Waals surface area contributed by atoms with E-state index < -0.39 is 0 Å². The van der Waals surface area contributed by atoms with Crippen molar-refractivity contribution in [1.29, 1.82) is 0 Å². The highest BCUT2D eigenvalue weighted by Crippen LogP contribution is 2.18. The molecular formula is C13H17N5O2. The Labute approximate surface area is 116 Å². The minimum atomic E-state index is -0.323. The number of rotatable bonds is 4. The van der Waals surface area contributed by atoms with Crippen LogP contribution in [0, 0.1) is 6.92 Å². The molecule has 0 unspecified atom stereocenters. The van der Waals surface area contributed by atoms with E-state index in [1.165, 1.54) is 10.9 Å². The van der Waals surface area contributed by atoms with Gasteiger partial charge in [-0.1, -0.05) is 0 Å². The van der Waals surface area contributed by atoms with Gasteiger partial charge in [-0.05, 0) is 19.9 Å². The molecule has 2 heterocycles. The Morgan fingerprint density at radius 1 is 1.50 bits per heavy atom. The number of nitrogens with two attached hydrogens (primary N) is 1. The van der Waals surface area contributed by atoms with Crippen molar-refractivity contribution < 1.29 is 9.53 Å². The molecule has 0 aliphatic heterocycles. The average molecular weight is 275 g/mol. The van der Waals surface area contributed by atoms with E-state index in [9.17, 15) is 4.79 Å². The third-order valence-electron chi connectivity index (χ3n) is 2.77. The van der Waals surface area contributed by atoms with Gasteiger partial charge in [-0.2, -0.15) is 5.10 Å². The Morgan fingerprint density at radius 3 is 2.75 bits per heavy atom. The van der Waals surface area contributed by atoms with Gasteiger partial charge in [0.15, 0.2) is 0 Å². The molecule has 0 saturated heterocycles. The van der Waals surface area contributed by atoms with Crippen LogP contribution in [0.25, 0.3) is 0 Å². The summed E-state index contributed by atoms with van der Waals surface area (Å²) < 4.78 is 6.69. The number of nitrogens with one attached hydrogen (secondary N) is 1. The largest absolute Gasteiger partial charge is 0.478 e. The highest BCUT2D eigenvalue weighted by Gasteiger charge is 2.18. The lowest BCUT2D eigenvalue weighted by molar-refractivity contribution is 0.101. The molecule has 7 heteroatoms. The van der Waals surface area contributed by atoms with Gasteiger partial charge >= 0.3 is 0 Å². The van der Waals surface area contributed by atoms with E-state index in [-0.39, 0.29) is 5.91 Å². The third-order valence-corrected chi connectivity index (χ3v) is 2.77. The second kappa shape index (κ2) is 5.60. The van der Waals surface area contributed by atoms with Crippen LogP contribution in [0.1, 0.15) is 23.1 Å². The van der Waals surface area contributed by atoms with Crippen LogP contribution in [-0.2, 0) is 7.05 Å². The summed E-state index contributed by atoms with van der Waals surface area (Å²) in [4.78, 5) is 16.2. The third kappa shape index (κ3) is 2.71. The lowest BCUT2D eigenvalue weighted by atomic mass is 10.3. The monoisotopic (exact) mass is 275 g/mol. The fourth-order valence-corrected chi connectivity index (χ4v) is 1.82. The number of aromatic nitrogens is 3. The summed E-state index contributed by atoms with van der Waals surface area (Å²) in [5.41, 5.74) is 7.74. The Morgan fingerprint density at radius 2 is 2.25 bits per heavy atom. The van der Waals surface area contributed by atoms with E-state index in [0.717, 1.165) is 0 Å². The van der Waals surface area contributed by atoms with Crippen molar-refractivity contribution in [3.8, 4) is 5.88 Å². The number of carbonyl (C=O) groups excluding carboxylic acids is 1. The molecule has 106 valence electrons. The van der Waals surface area contributed by atoms with Gasteiger partial charge in [0.25, 0.3) is 5.91 Å². The lowest BCUT2D eigenvalue weighted by Crippen LogP contribution is -2.17. The SMILES string of the molecule is CCOc1ccc(NC(=O)c2c(N)c(C)nn2C)cn1. The van der Waals surface area contributed by atoms with Crippen molar-refractivity contribution in [3.63, 3.8) is 0 Å². The fraction of sp³-hybridized carbons (Fsp3) is 0.308. The zero-order valence-corrected chi connectivity index (χ0v) is 11.7. The smallest absolute Gasteiger partial charge is 0.276 e. The maximum Gasteiger partial charge on any atom is 0.276 e. The van der Waals surface area contributed by atoms with Crippen molar-refractivity contribution in [3.05, 3.63) is 29.7 Å². The van der Waals surface area contributed by atoms with Crippen LogP contribution in [0.15, 0.2) is 18.3 Å². The number of nitrogen functional groups attached to an aromatic ring is 1. The van der Waals surface area contributed by atoms with Crippen molar-refractivity contribution in [2.24, 2.45) is 7.05 Å². The highest BCUT2D eigenvalue weighted by atomic mass is 16.5. The van der Waals surface area contributed by atoms with Crippen LogP contribution >= 0.6 is 0 Å². The molecule has 2 aromatic heterocycles. The van der Waals surface area contributed by atoms with Crippen LogP contribution in [0.4, 0.5) is 11.4 Å². The molecule has 7 nitrogen and oxygen atoms in total. The van der Waals surface area contributed by atoms with Gasteiger partial charge in [-0.15, -0.1) is 0 Å². The van der Waals surface area contributed by atoms with Crippen molar-refractivity contribution in [1.82, 2.24) is 14.8 Å². The van der Waals surface area contributed by atoms with E-state index in [0.29, 0.717) is 35.2 Å². The van der Waals surface area contributed by atoms with E-state index in [1.54, 1.807) is 26.1 Å². The Kier molecular flexibility index (Phi) is 3.88. The number of pyridine rings is 1. The quantitative estimate of drug-likeness (QED) is 0.878. The fourth-order valence-electron chi connectivity index (χ4n) is 1.82. The molecular weight excluding hydrogens is 258 g/mol. The summed E-state index contributed by atoms with van der Waals surface area (Å²) in [5.74, 6) is 0.193. The van der Waals surface area contributed by atoms with E-state index in [4.69, 9.17) is 10.5 Å². The minimum Gasteiger partial charge on any atom is -0.478 e. The second-order valence-corrected chi connectivity index (χ2v) is 4.24. The zero-order valence-electron chi connectivity index (χ0n) is 11.7. The number of nitrogens with zero attached hydrogens (tertiary/aromatic N) is 3. The molecule has 0 bridgehead atoms. The first-order chi connectivity index (χ1) is 9.52. The van der Waals surface area contributed by atoms with E-state index >= 15 is 0 Å². The van der Waals surface area contributed by atoms with E-state index in [2.05, 4.69) is 15.4 Å². The van der Waals surface area contributed by atoms with E-state index in [1.807, 2.05) is 6.92 Å². The maximum absolute atomic E-state index is 12.2. The highest BCUT2D eigenvalue weighted by molar-refractivity contribution is 6.06. The number of aryl methyl sites for hydroxylation is 2. The van der Waals surface area contributed by atoms with Crippen LogP contribution < -0.4 is 15.8 Å². The molecule has 0 aliphatic rings. The molecule has 1 amide bonds. The number of anilines is 2. The molecule has 0 radical (unpaired) electrons. The van der Waals surface area contributed by atoms with Gasteiger partial charge in [-0.3, -0.25) is 9.48 Å². The van der Waals surface area contributed by atoms with Crippen molar-refractivity contribution in [2.75, 3.05) is 17.7 Å². The Hall–Kier alpha value is -2.57. The lowest BCUT2D eigenvalue weighted by Gasteiger charge is -2.07. The summed E-state index contributed by atoms with van der Waals surface area (Å²) >= 11 is 0. The molecule has 20 heavy (non-hydrogen) atoms. The van der Waals surface area contributed by atoms with Gasteiger partial charge in [0.05, 0.1) is 29.9 Å². The summed E-state index contributed by atoms with van der Waals surface area (Å²) in [6, 6.07) is 3.41. The zero-order chi connectivity index (χ0) is 14.7. The van der Waals surface area contributed by atoms with Gasteiger partial charge in [-0.25, -0.2) is 4.98 Å². The molecule has 0 fully saturated rings. The Bertz CT molecular complexity index is 618. The molecule has 0 atom stereocenters. The second-order valence-electron chi connectivity index (χ2n) is 4.24. The first kappa shape index (κ1) is 13.9. The van der Waals surface area contributed by atoms with Gasteiger partial charge in [0.1, 0.15) is 5.69 Å². The van der Waals surface area contributed by atoms with Crippen LogP contribution in [0.2, 0.25) is 0 Å². The average Bonchev–Trinajstić information content (AvgIpc) is 2.66. The number of hydrogen-bond acceptors (Lipinski definition) is 5. The normalized spacial score (nSPS) is 10.3.